The summed E-state index contributed by atoms with van der Waals surface area (Å²) in [5.74, 6) is -0.563. The average Bonchev–Trinajstić information content (AvgIpc) is 3.28. The van der Waals surface area contributed by atoms with Crippen LogP contribution in [0.1, 0.15) is 81.4 Å². The fourth-order valence-corrected chi connectivity index (χ4v) is 6.31. The number of carbonyl (C=O) groups is 3. The first-order valence-corrected chi connectivity index (χ1v) is 15.1. The monoisotopic (exact) mass is 562 g/mol. The summed E-state index contributed by atoms with van der Waals surface area (Å²) in [5, 5.41) is 15.0. The van der Waals surface area contributed by atoms with Gasteiger partial charge in [0.15, 0.2) is 0 Å². The van der Waals surface area contributed by atoms with E-state index in [2.05, 4.69) is 34.9 Å². The molecule has 0 unspecified atom stereocenters. The summed E-state index contributed by atoms with van der Waals surface area (Å²) in [6.07, 6.45) is 5.85. The van der Waals surface area contributed by atoms with Gasteiger partial charge in [-0.1, -0.05) is 54.6 Å². The first kappa shape index (κ1) is 30.7. The maximum Gasteiger partial charge on any atom is 0.245 e. The summed E-state index contributed by atoms with van der Waals surface area (Å²) in [4.78, 5) is 41.6. The molecule has 4 rings (SSSR count). The van der Waals surface area contributed by atoms with Crippen molar-refractivity contribution in [2.75, 3.05) is 26.2 Å². The van der Waals surface area contributed by atoms with Crippen molar-refractivity contribution in [1.82, 2.24) is 15.5 Å². The number of unbranched alkanes of at least 4 members (excludes halogenated alkanes) is 1. The number of amides is 3. The number of fused-ring (bicyclic) bond motifs is 2. The minimum absolute atomic E-state index is 0.0383. The molecule has 8 heteroatoms. The zero-order chi connectivity index (χ0) is 29.5. The van der Waals surface area contributed by atoms with Gasteiger partial charge in [-0.15, -0.1) is 0 Å². The van der Waals surface area contributed by atoms with E-state index in [9.17, 15) is 14.4 Å². The fourth-order valence-electron chi connectivity index (χ4n) is 6.31. The summed E-state index contributed by atoms with van der Waals surface area (Å²) in [5.41, 5.74) is 8.34. The normalized spacial score (nSPS) is 18.5. The molecule has 41 heavy (non-hydrogen) atoms. The first-order valence-electron chi connectivity index (χ1n) is 15.1. The molecule has 1 aliphatic heterocycles. The zero-order valence-corrected chi connectivity index (χ0v) is 24.5. The van der Waals surface area contributed by atoms with Crippen molar-refractivity contribution in [2.45, 2.75) is 88.1 Å². The van der Waals surface area contributed by atoms with Crippen LogP contribution >= 0.6 is 0 Å². The van der Waals surface area contributed by atoms with Crippen LogP contribution in [0.3, 0.4) is 0 Å². The maximum atomic E-state index is 13.8. The van der Waals surface area contributed by atoms with Gasteiger partial charge in [-0.3, -0.25) is 14.4 Å². The Labute approximate surface area is 244 Å². The number of carbonyl (C=O) groups excluding carboxylic acids is 3. The van der Waals surface area contributed by atoms with E-state index in [1.165, 1.54) is 11.1 Å². The molecule has 8 nitrogen and oxygen atoms in total. The predicted octanol–water partition coefficient (Wildman–Crippen LogP) is 3.17. The van der Waals surface area contributed by atoms with Crippen LogP contribution in [0, 0.1) is 0 Å². The minimum atomic E-state index is -1.08. The van der Waals surface area contributed by atoms with Gasteiger partial charge in [0, 0.05) is 31.7 Å². The van der Waals surface area contributed by atoms with E-state index in [1.807, 2.05) is 35.2 Å². The molecule has 5 N–H and O–H groups in total. The highest BCUT2D eigenvalue weighted by atomic mass is 16.3. The summed E-state index contributed by atoms with van der Waals surface area (Å²) >= 11 is 0. The van der Waals surface area contributed by atoms with Crippen molar-refractivity contribution < 1.29 is 19.5 Å². The molecule has 0 radical (unpaired) electrons. The molecule has 0 bridgehead atoms. The number of nitrogens with zero attached hydrogens (tertiary/aromatic N) is 1. The number of nitrogens with two attached hydrogens (primary N) is 1. The highest BCUT2D eigenvalue weighted by molar-refractivity contribution is 5.91. The quantitative estimate of drug-likeness (QED) is 0.296. The van der Waals surface area contributed by atoms with Crippen molar-refractivity contribution in [3.05, 3.63) is 71.3 Å². The first-order chi connectivity index (χ1) is 19.6. The van der Waals surface area contributed by atoms with Crippen molar-refractivity contribution >= 4 is 17.7 Å². The van der Waals surface area contributed by atoms with Crippen LogP contribution < -0.4 is 16.4 Å². The number of hydrogen-bond donors (Lipinski definition) is 4. The van der Waals surface area contributed by atoms with Crippen LogP contribution in [0.4, 0.5) is 0 Å². The summed E-state index contributed by atoms with van der Waals surface area (Å²) in [6.45, 7) is 5.14. The molecule has 222 valence electrons. The Hall–Kier alpha value is -3.23. The molecule has 2 aromatic rings. The molecule has 1 saturated heterocycles. The molecule has 2 aromatic carbocycles. The molecular weight excluding hydrogens is 516 g/mol. The third kappa shape index (κ3) is 7.54. The second-order valence-electron chi connectivity index (χ2n) is 12.3. The van der Waals surface area contributed by atoms with Crippen LogP contribution in [0.15, 0.2) is 54.6 Å². The van der Waals surface area contributed by atoms with Gasteiger partial charge in [0.05, 0.1) is 11.5 Å². The number of aliphatic hydroxyl groups excluding tert-OH is 1. The van der Waals surface area contributed by atoms with Crippen LogP contribution in [0.5, 0.6) is 0 Å². The zero-order valence-electron chi connectivity index (χ0n) is 24.5. The van der Waals surface area contributed by atoms with Crippen LogP contribution in [0.25, 0.3) is 0 Å². The highest BCUT2D eigenvalue weighted by Gasteiger charge is 2.48. The molecule has 0 saturated carbocycles. The summed E-state index contributed by atoms with van der Waals surface area (Å²) < 4.78 is 0. The second-order valence-corrected chi connectivity index (χ2v) is 12.3. The van der Waals surface area contributed by atoms with Gasteiger partial charge < -0.3 is 26.4 Å². The second kappa shape index (κ2) is 13.6. The van der Waals surface area contributed by atoms with Crippen molar-refractivity contribution in [2.24, 2.45) is 5.73 Å². The molecule has 1 fully saturated rings. The largest absolute Gasteiger partial charge is 0.396 e. The van der Waals surface area contributed by atoms with E-state index in [1.54, 1.807) is 13.8 Å². The number of aliphatic hydroxyl groups is 1. The van der Waals surface area contributed by atoms with E-state index < -0.39 is 11.6 Å². The van der Waals surface area contributed by atoms with Gasteiger partial charge in [-0.2, -0.15) is 0 Å². The van der Waals surface area contributed by atoms with E-state index >= 15 is 0 Å². The van der Waals surface area contributed by atoms with Crippen molar-refractivity contribution in [3.8, 4) is 0 Å². The van der Waals surface area contributed by atoms with Crippen molar-refractivity contribution in [3.63, 3.8) is 0 Å². The molecule has 1 heterocycles. The number of likely N-dealkylation sites (tertiary alicyclic amines) is 1. The number of nitrogens with one attached hydrogen (secondary N) is 2. The Morgan fingerprint density at radius 2 is 1.71 bits per heavy atom. The average molecular weight is 563 g/mol. The fraction of sp³-hybridized carbons (Fsp3) is 0.545. The van der Waals surface area contributed by atoms with Gasteiger partial charge >= 0.3 is 0 Å². The summed E-state index contributed by atoms with van der Waals surface area (Å²) in [6, 6.07) is 17.7. The van der Waals surface area contributed by atoms with E-state index in [0.29, 0.717) is 32.5 Å². The Balaban J connectivity index is 1.42. The number of hydrogen-bond acceptors (Lipinski definition) is 5. The third-order valence-corrected chi connectivity index (χ3v) is 8.72. The van der Waals surface area contributed by atoms with Crippen LogP contribution in [-0.4, -0.2) is 65.5 Å². The number of rotatable bonds is 12. The van der Waals surface area contributed by atoms with Gasteiger partial charge in [0.25, 0.3) is 0 Å². The molecule has 2 atom stereocenters. The van der Waals surface area contributed by atoms with Gasteiger partial charge in [-0.25, -0.2) is 0 Å². The number of aryl methyl sites for hydroxylation is 1. The summed E-state index contributed by atoms with van der Waals surface area (Å²) in [7, 11) is 0. The van der Waals surface area contributed by atoms with E-state index in [0.717, 1.165) is 44.1 Å². The van der Waals surface area contributed by atoms with Gasteiger partial charge in [0.1, 0.15) is 6.04 Å². The van der Waals surface area contributed by atoms with Crippen molar-refractivity contribution in [1.29, 1.82) is 0 Å². The molecule has 3 amide bonds. The maximum absolute atomic E-state index is 13.8. The SMILES string of the molecule is CC(C)(N)C(=O)N[C@H](CCCc1ccccc1)C(=O)N1CCC2(CC1)C[C@@H](C(=O)NCCCCO)c1ccccc12. The lowest BCUT2D eigenvalue weighted by Crippen LogP contribution is -2.57. The predicted molar refractivity (Wildman–Crippen MR) is 160 cm³/mol. The Morgan fingerprint density at radius 1 is 1.02 bits per heavy atom. The Bertz CT molecular complexity index is 1190. The Kier molecular flexibility index (Phi) is 10.2. The molecule has 0 aromatic heterocycles. The van der Waals surface area contributed by atoms with E-state index in [4.69, 9.17) is 10.8 Å². The lowest BCUT2D eigenvalue weighted by Gasteiger charge is -2.41. The van der Waals surface area contributed by atoms with Crippen LogP contribution in [-0.2, 0) is 26.2 Å². The standard InChI is InChI=1S/C33H46N4O4/c1-32(2,34)31(41)36-28(16-10-13-24-11-4-3-5-12-24)30(40)37-20-17-33(18-21-37)23-26(25-14-6-7-15-27(25)33)29(39)35-19-8-9-22-38/h3-7,11-12,14-15,26,28,38H,8-10,13,16-23,34H2,1-2H3,(H,35,39)(H,36,41)/t26-,28-/m1/s1. The molecular formula is C33H46N4O4. The molecule has 2 aliphatic rings. The highest BCUT2D eigenvalue weighted by Crippen LogP contribution is 2.51. The Morgan fingerprint density at radius 3 is 2.39 bits per heavy atom. The molecule has 1 aliphatic carbocycles. The number of piperidine rings is 1. The topological polar surface area (TPSA) is 125 Å². The van der Waals surface area contributed by atoms with E-state index in [-0.39, 0.29) is 35.7 Å². The lowest BCUT2D eigenvalue weighted by molar-refractivity contribution is -0.139. The lowest BCUT2D eigenvalue weighted by atomic mass is 9.73. The smallest absolute Gasteiger partial charge is 0.245 e. The van der Waals surface area contributed by atoms with Gasteiger partial charge in [-0.05, 0) is 81.9 Å². The van der Waals surface area contributed by atoms with Crippen LogP contribution in [0.2, 0.25) is 0 Å². The molecule has 1 spiro atoms. The minimum Gasteiger partial charge on any atom is -0.396 e. The number of benzene rings is 2. The third-order valence-electron chi connectivity index (χ3n) is 8.72. The van der Waals surface area contributed by atoms with Gasteiger partial charge in [0.2, 0.25) is 17.7 Å².